The summed E-state index contributed by atoms with van der Waals surface area (Å²) in [5, 5.41) is 2.93. The standard InChI is InChI=1S/C24H29N3O2/c1-2-27(18-20-11-7-4-8-12-20)24(29)21-14-16-25-22(17-21)23(28)26-15-13-19-9-5-3-6-10-19/h4,7-9,11-12,14,16-17H,2-3,5-6,10,13,15,18H2,1H3,(H,26,28). The average molecular weight is 392 g/mol. The molecule has 1 aromatic heterocycles. The Morgan fingerprint density at radius 3 is 2.69 bits per heavy atom. The van der Waals surface area contributed by atoms with E-state index in [4.69, 9.17) is 0 Å². The van der Waals surface area contributed by atoms with Crippen molar-refractivity contribution in [3.63, 3.8) is 0 Å². The molecule has 0 saturated carbocycles. The predicted octanol–water partition coefficient (Wildman–Crippen LogP) is 4.36. The number of nitrogens with zero attached hydrogens (tertiary/aromatic N) is 2. The van der Waals surface area contributed by atoms with Gasteiger partial charge in [0, 0.05) is 31.4 Å². The van der Waals surface area contributed by atoms with Gasteiger partial charge < -0.3 is 10.2 Å². The van der Waals surface area contributed by atoms with Crippen molar-refractivity contribution < 1.29 is 9.59 Å². The van der Waals surface area contributed by atoms with E-state index in [2.05, 4.69) is 16.4 Å². The number of pyridine rings is 1. The Balaban J connectivity index is 1.60. The average Bonchev–Trinajstić information content (AvgIpc) is 2.78. The second-order valence-electron chi connectivity index (χ2n) is 7.35. The molecule has 0 spiro atoms. The molecule has 0 atom stereocenters. The molecule has 0 bridgehead atoms. The Bertz CT molecular complexity index is 861. The highest BCUT2D eigenvalue weighted by molar-refractivity contribution is 5.98. The molecule has 5 nitrogen and oxygen atoms in total. The third kappa shape index (κ3) is 6.01. The van der Waals surface area contributed by atoms with Crippen LogP contribution in [-0.2, 0) is 6.54 Å². The molecule has 2 aromatic rings. The van der Waals surface area contributed by atoms with Gasteiger partial charge in [0.05, 0.1) is 0 Å². The molecule has 1 N–H and O–H groups in total. The van der Waals surface area contributed by atoms with Crippen molar-refractivity contribution >= 4 is 11.8 Å². The molecular formula is C24H29N3O2. The monoisotopic (exact) mass is 391 g/mol. The van der Waals surface area contributed by atoms with Gasteiger partial charge in [-0.2, -0.15) is 0 Å². The molecule has 0 unspecified atom stereocenters. The Labute approximate surface area is 172 Å². The zero-order chi connectivity index (χ0) is 20.5. The molecule has 2 amide bonds. The number of nitrogens with one attached hydrogen (secondary N) is 1. The Kier molecular flexibility index (Phi) is 7.56. The fraction of sp³-hybridized carbons (Fsp3) is 0.375. The van der Waals surface area contributed by atoms with Crippen molar-refractivity contribution in [2.24, 2.45) is 0 Å². The summed E-state index contributed by atoms with van der Waals surface area (Å²) in [5.74, 6) is -0.331. The van der Waals surface area contributed by atoms with Crippen molar-refractivity contribution in [1.82, 2.24) is 15.2 Å². The van der Waals surface area contributed by atoms with Gasteiger partial charge in [0.2, 0.25) is 0 Å². The van der Waals surface area contributed by atoms with E-state index in [1.807, 2.05) is 37.3 Å². The molecule has 152 valence electrons. The second-order valence-corrected chi connectivity index (χ2v) is 7.35. The maximum atomic E-state index is 12.9. The SMILES string of the molecule is CCN(Cc1ccccc1)C(=O)c1ccnc(C(=O)NCCC2=CCCCC2)c1. The van der Waals surface area contributed by atoms with Gasteiger partial charge in [0.1, 0.15) is 5.69 Å². The van der Waals surface area contributed by atoms with E-state index >= 15 is 0 Å². The van der Waals surface area contributed by atoms with Crippen LogP contribution in [0.2, 0.25) is 0 Å². The number of allylic oxidation sites excluding steroid dienone is 1. The predicted molar refractivity (Wildman–Crippen MR) is 115 cm³/mol. The lowest BCUT2D eigenvalue weighted by molar-refractivity contribution is 0.0752. The van der Waals surface area contributed by atoms with Crippen LogP contribution < -0.4 is 5.32 Å². The van der Waals surface area contributed by atoms with E-state index in [1.54, 1.807) is 17.0 Å². The molecule has 0 aliphatic heterocycles. The van der Waals surface area contributed by atoms with Gasteiger partial charge in [-0.1, -0.05) is 42.0 Å². The third-order valence-electron chi connectivity index (χ3n) is 5.24. The Morgan fingerprint density at radius 1 is 1.14 bits per heavy atom. The van der Waals surface area contributed by atoms with E-state index in [0.29, 0.717) is 25.2 Å². The lowest BCUT2D eigenvalue weighted by atomic mass is 9.97. The molecule has 1 aliphatic carbocycles. The molecule has 3 rings (SSSR count). The quantitative estimate of drug-likeness (QED) is 0.680. The minimum atomic E-state index is -0.234. The highest BCUT2D eigenvalue weighted by atomic mass is 16.2. The van der Waals surface area contributed by atoms with Crippen LogP contribution in [0.4, 0.5) is 0 Å². The van der Waals surface area contributed by atoms with Crippen LogP contribution in [0.3, 0.4) is 0 Å². The van der Waals surface area contributed by atoms with Crippen LogP contribution in [0, 0.1) is 0 Å². The van der Waals surface area contributed by atoms with Gasteiger partial charge >= 0.3 is 0 Å². The smallest absolute Gasteiger partial charge is 0.269 e. The third-order valence-corrected chi connectivity index (χ3v) is 5.24. The minimum absolute atomic E-state index is 0.0971. The zero-order valence-electron chi connectivity index (χ0n) is 17.1. The highest BCUT2D eigenvalue weighted by Gasteiger charge is 2.17. The van der Waals surface area contributed by atoms with Crippen molar-refractivity contribution in [2.45, 2.75) is 45.6 Å². The molecular weight excluding hydrogens is 362 g/mol. The van der Waals surface area contributed by atoms with Crippen LogP contribution in [0.25, 0.3) is 0 Å². The van der Waals surface area contributed by atoms with Crippen LogP contribution in [0.1, 0.15) is 65.4 Å². The van der Waals surface area contributed by atoms with Crippen molar-refractivity contribution in [3.05, 3.63) is 77.1 Å². The van der Waals surface area contributed by atoms with E-state index in [1.165, 1.54) is 24.6 Å². The van der Waals surface area contributed by atoms with E-state index in [-0.39, 0.29) is 17.5 Å². The van der Waals surface area contributed by atoms with E-state index < -0.39 is 0 Å². The normalized spacial score (nSPS) is 13.5. The molecule has 0 fully saturated rings. The Hall–Kier alpha value is -2.95. The van der Waals surface area contributed by atoms with Gasteiger partial charge in [-0.05, 0) is 56.7 Å². The highest BCUT2D eigenvalue weighted by Crippen LogP contribution is 2.19. The second kappa shape index (κ2) is 10.6. The van der Waals surface area contributed by atoms with Gasteiger partial charge in [0.15, 0.2) is 0 Å². The van der Waals surface area contributed by atoms with Crippen molar-refractivity contribution in [1.29, 1.82) is 0 Å². The number of carbonyl (C=O) groups excluding carboxylic acids is 2. The number of benzene rings is 1. The van der Waals surface area contributed by atoms with E-state index in [0.717, 1.165) is 24.8 Å². The summed E-state index contributed by atoms with van der Waals surface area (Å²) in [6, 6.07) is 13.1. The first-order valence-corrected chi connectivity index (χ1v) is 10.4. The minimum Gasteiger partial charge on any atom is -0.350 e. The van der Waals surface area contributed by atoms with Crippen molar-refractivity contribution in [3.8, 4) is 0 Å². The topological polar surface area (TPSA) is 62.3 Å². The number of aromatic nitrogens is 1. The van der Waals surface area contributed by atoms with Crippen LogP contribution in [0.5, 0.6) is 0 Å². The van der Waals surface area contributed by atoms with Gasteiger partial charge in [-0.3, -0.25) is 14.6 Å². The van der Waals surface area contributed by atoms with Crippen LogP contribution in [-0.4, -0.2) is 34.8 Å². The molecule has 0 saturated heterocycles. The maximum Gasteiger partial charge on any atom is 0.269 e. The summed E-state index contributed by atoms with van der Waals surface area (Å²) >= 11 is 0. The lowest BCUT2D eigenvalue weighted by Gasteiger charge is -2.21. The van der Waals surface area contributed by atoms with Gasteiger partial charge in [-0.25, -0.2) is 0 Å². The summed E-state index contributed by atoms with van der Waals surface area (Å²) in [7, 11) is 0. The molecule has 1 aliphatic rings. The first-order valence-electron chi connectivity index (χ1n) is 10.4. The maximum absolute atomic E-state index is 12.9. The molecule has 0 radical (unpaired) electrons. The molecule has 1 aromatic carbocycles. The zero-order valence-corrected chi connectivity index (χ0v) is 17.1. The number of hydrogen-bond acceptors (Lipinski definition) is 3. The summed E-state index contributed by atoms with van der Waals surface area (Å²) in [6.07, 6.45) is 9.48. The number of hydrogen-bond donors (Lipinski definition) is 1. The number of carbonyl (C=O) groups is 2. The van der Waals surface area contributed by atoms with Gasteiger partial charge in [-0.15, -0.1) is 0 Å². The van der Waals surface area contributed by atoms with Crippen molar-refractivity contribution in [2.75, 3.05) is 13.1 Å². The molecule has 29 heavy (non-hydrogen) atoms. The van der Waals surface area contributed by atoms with Gasteiger partial charge in [0.25, 0.3) is 11.8 Å². The fourth-order valence-electron chi connectivity index (χ4n) is 3.56. The number of rotatable bonds is 8. The summed E-state index contributed by atoms with van der Waals surface area (Å²) < 4.78 is 0. The Morgan fingerprint density at radius 2 is 1.97 bits per heavy atom. The lowest BCUT2D eigenvalue weighted by Crippen LogP contribution is -2.31. The van der Waals surface area contributed by atoms with E-state index in [9.17, 15) is 9.59 Å². The first kappa shape index (κ1) is 20.8. The number of amides is 2. The van der Waals surface area contributed by atoms with Crippen LogP contribution >= 0.6 is 0 Å². The first-order chi connectivity index (χ1) is 14.2. The summed E-state index contributed by atoms with van der Waals surface area (Å²) in [5.41, 5.74) is 3.27. The fourth-order valence-corrected chi connectivity index (χ4v) is 3.56. The largest absolute Gasteiger partial charge is 0.350 e. The van der Waals surface area contributed by atoms with Crippen LogP contribution in [0.15, 0.2) is 60.3 Å². The molecule has 5 heteroatoms. The summed E-state index contributed by atoms with van der Waals surface area (Å²) in [4.78, 5) is 31.3. The molecule has 1 heterocycles. The summed E-state index contributed by atoms with van der Waals surface area (Å²) in [6.45, 7) is 3.68.